The zero-order chi connectivity index (χ0) is 22.5. The van der Waals surface area contributed by atoms with Gasteiger partial charge in [-0.15, -0.1) is 0 Å². The third kappa shape index (κ3) is 5.32. The first kappa shape index (κ1) is 21.6. The average molecular weight is 432 g/mol. The molecule has 1 N–H and O–H groups in total. The van der Waals surface area contributed by atoms with Gasteiger partial charge in [0.1, 0.15) is 5.82 Å². The Morgan fingerprint density at radius 3 is 2.53 bits per heavy atom. The predicted molar refractivity (Wildman–Crippen MR) is 124 cm³/mol. The monoisotopic (exact) mass is 431 g/mol. The molecule has 1 saturated heterocycles. The van der Waals surface area contributed by atoms with Gasteiger partial charge in [0.15, 0.2) is 0 Å². The molecule has 32 heavy (non-hydrogen) atoms. The van der Waals surface area contributed by atoms with E-state index in [1.165, 1.54) is 17.7 Å². The van der Waals surface area contributed by atoms with Gasteiger partial charge < -0.3 is 10.2 Å². The Morgan fingerprint density at radius 1 is 0.969 bits per heavy atom. The molecular weight excluding hydrogens is 405 g/mol. The highest BCUT2D eigenvalue weighted by Crippen LogP contribution is 2.24. The number of hydrogen-bond donors (Lipinski definition) is 1. The second kappa shape index (κ2) is 9.64. The summed E-state index contributed by atoms with van der Waals surface area (Å²) in [5.74, 6) is -0.524. The lowest BCUT2D eigenvalue weighted by atomic mass is 10.1. The van der Waals surface area contributed by atoms with Crippen LogP contribution in [0, 0.1) is 12.7 Å². The van der Waals surface area contributed by atoms with Crippen molar-refractivity contribution in [3.63, 3.8) is 0 Å². The first-order valence-corrected chi connectivity index (χ1v) is 10.7. The second-order valence-electron chi connectivity index (χ2n) is 8.10. The molecule has 1 aliphatic rings. The summed E-state index contributed by atoms with van der Waals surface area (Å²) >= 11 is 0. The van der Waals surface area contributed by atoms with Crippen LogP contribution in [-0.4, -0.2) is 29.9 Å². The topological polar surface area (TPSA) is 52.6 Å². The van der Waals surface area contributed by atoms with E-state index in [9.17, 15) is 14.0 Å². The van der Waals surface area contributed by atoms with Crippen LogP contribution in [0.15, 0.2) is 72.8 Å². The Kier molecular flexibility index (Phi) is 6.50. The third-order valence-corrected chi connectivity index (χ3v) is 5.49. The summed E-state index contributed by atoms with van der Waals surface area (Å²) < 4.78 is 13.1. The summed E-state index contributed by atoms with van der Waals surface area (Å²) in [6, 6.07) is 21.4. The normalized spacial score (nSPS) is 13.9. The highest BCUT2D eigenvalue weighted by atomic mass is 19.1. The van der Waals surface area contributed by atoms with Crippen LogP contribution < -0.4 is 10.2 Å². The zero-order valence-electron chi connectivity index (χ0n) is 18.1. The quantitative estimate of drug-likeness (QED) is 0.587. The van der Waals surface area contributed by atoms with E-state index in [0.717, 1.165) is 29.8 Å². The second-order valence-corrected chi connectivity index (χ2v) is 8.10. The van der Waals surface area contributed by atoms with E-state index in [-0.39, 0.29) is 24.2 Å². The highest BCUT2D eigenvalue weighted by molar-refractivity contribution is 5.95. The number of aryl methyl sites for hydroxylation is 1. The summed E-state index contributed by atoms with van der Waals surface area (Å²) in [5, 5.41) is 2.87. The summed E-state index contributed by atoms with van der Waals surface area (Å²) in [6.45, 7) is 3.97. The third-order valence-electron chi connectivity index (χ3n) is 5.49. The predicted octanol–water partition coefficient (Wildman–Crippen LogP) is 5.15. The molecule has 1 fully saturated rings. The van der Waals surface area contributed by atoms with Crippen molar-refractivity contribution in [2.75, 3.05) is 23.3 Å². The number of carbonyl (C=O) groups excluding carboxylic acids is 2. The van der Waals surface area contributed by atoms with Gasteiger partial charge in [-0.25, -0.2) is 9.18 Å². The fourth-order valence-electron chi connectivity index (χ4n) is 3.94. The van der Waals surface area contributed by atoms with E-state index in [0.29, 0.717) is 18.8 Å². The first-order chi connectivity index (χ1) is 15.5. The Morgan fingerprint density at radius 2 is 1.75 bits per heavy atom. The molecule has 3 aromatic carbocycles. The summed E-state index contributed by atoms with van der Waals surface area (Å²) in [5.41, 5.74) is 4.40. The first-order valence-electron chi connectivity index (χ1n) is 10.7. The molecule has 0 unspecified atom stereocenters. The Labute approximate surface area is 187 Å². The number of rotatable bonds is 6. The van der Waals surface area contributed by atoms with Crippen LogP contribution in [0.4, 0.5) is 20.6 Å². The molecule has 0 aliphatic carbocycles. The SMILES string of the molecule is Cc1cccc(CN2CCCN(c3cccc(NC(=O)Cc4ccc(F)cc4)c3)C2=O)c1. The molecule has 0 aromatic heterocycles. The maximum atomic E-state index is 13.2. The molecule has 164 valence electrons. The lowest BCUT2D eigenvalue weighted by molar-refractivity contribution is -0.115. The lowest BCUT2D eigenvalue weighted by Crippen LogP contribution is -2.49. The van der Waals surface area contributed by atoms with Gasteiger partial charge in [0.2, 0.25) is 5.91 Å². The Hall–Kier alpha value is -3.67. The van der Waals surface area contributed by atoms with Gasteiger partial charge in [-0.3, -0.25) is 9.69 Å². The minimum Gasteiger partial charge on any atom is -0.326 e. The smallest absolute Gasteiger partial charge is 0.324 e. The van der Waals surface area contributed by atoms with Crippen molar-refractivity contribution in [2.24, 2.45) is 0 Å². The van der Waals surface area contributed by atoms with E-state index in [1.54, 1.807) is 23.1 Å². The number of carbonyl (C=O) groups is 2. The standard InChI is InChI=1S/C26H26FN3O2/c1-19-5-2-6-21(15-19)18-29-13-4-14-30(26(29)32)24-8-3-7-23(17-24)28-25(31)16-20-9-11-22(27)12-10-20/h2-3,5-12,15,17H,4,13-14,16,18H2,1H3,(H,28,31). The van der Waals surface area contributed by atoms with Crippen molar-refractivity contribution in [3.05, 3.63) is 95.3 Å². The van der Waals surface area contributed by atoms with E-state index in [1.807, 2.05) is 48.2 Å². The molecule has 0 spiro atoms. The van der Waals surface area contributed by atoms with Crippen LogP contribution in [-0.2, 0) is 17.8 Å². The molecule has 5 nitrogen and oxygen atoms in total. The summed E-state index contributed by atoms with van der Waals surface area (Å²) in [7, 11) is 0. The number of amides is 3. The van der Waals surface area contributed by atoms with E-state index < -0.39 is 0 Å². The largest absolute Gasteiger partial charge is 0.326 e. The van der Waals surface area contributed by atoms with Crippen molar-refractivity contribution in [2.45, 2.75) is 26.3 Å². The number of nitrogens with zero attached hydrogens (tertiary/aromatic N) is 2. The summed E-state index contributed by atoms with van der Waals surface area (Å²) in [6.07, 6.45) is 1.02. The van der Waals surface area contributed by atoms with Gasteiger partial charge in [-0.1, -0.05) is 48.0 Å². The number of anilines is 2. The fraction of sp³-hybridized carbons (Fsp3) is 0.231. The maximum Gasteiger partial charge on any atom is 0.324 e. The molecule has 6 heteroatoms. The van der Waals surface area contributed by atoms with Crippen LogP contribution in [0.25, 0.3) is 0 Å². The molecule has 0 saturated carbocycles. The van der Waals surface area contributed by atoms with Crippen molar-refractivity contribution >= 4 is 23.3 Å². The van der Waals surface area contributed by atoms with E-state index in [2.05, 4.69) is 11.4 Å². The summed E-state index contributed by atoms with van der Waals surface area (Å²) in [4.78, 5) is 29.2. The van der Waals surface area contributed by atoms with Crippen molar-refractivity contribution in [1.82, 2.24) is 4.90 Å². The lowest BCUT2D eigenvalue weighted by Gasteiger charge is -2.36. The Balaban J connectivity index is 1.43. The minimum absolute atomic E-state index is 0.0347. The van der Waals surface area contributed by atoms with Gasteiger partial charge in [-0.2, -0.15) is 0 Å². The van der Waals surface area contributed by atoms with Gasteiger partial charge in [0.05, 0.1) is 6.42 Å². The number of hydrogen-bond acceptors (Lipinski definition) is 2. The zero-order valence-corrected chi connectivity index (χ0v) is 18.1. The van der Waals surface area contributed by atoms with Gasteiger partial charge >= 0.3 is 6.03 Å². The van der Waals surface area contributed by atoms with Gasteiger partial charge in [-0.05, 0) is 54.8 Å². The number of urea groups is 1. The number of halogens is 1. The van der Waals surface area contributed by atoms with Crippen molar-refractivity contribution < 1.29 is 14.0 Å². The van der Waals surface area contributed by atoms with Gasteiger partial charge in [0.25, 0.3) is 0 Å². The number of nitrogens with one attached hydrogen (secondary N) is 1. The molecular formula is C26H26FN3O2. The van der Waals surface area contributed by atoms with Crippen LogP contribution in [0.3, 0.4) is 0 Å². The van der Waals surface area contributed by atoms with Crippen molar-refractivity contribution in [1.29, 1.82) is 0 Å². The van der Waals surface area contributed by atoms with E-state index in [4.69, 9.17) is 0 Å². The van der Waals surface area contributed by atoms with Gasteiger partial charge in [0, 0.05) is 31.0 Å². The molecule has 0 atom stereocenters. The minimum atomic E-state index is -0.329. The van der Waals surface area contributed by atoms with E-state index >= 15 is 0 Å². The van der Waals surface area contributed by atoms with Crippen molar-refractivity contribution in [3.8, 4) is 0 Å². The van der Waals surface area contributed by atoms with Crippen LogP contribution in [0.1, 0.15) is 23.1 Å². The fourth-order valence-corrected chi connectivity index (χ4v) is 3.94. The maximum absolute atomic E-state index is 13.2. The average Bonchev–Trinajstić information content (AvgIpc) is 2.77. The molecule has 3 amide bonds. The van der Waals surface area contributed by atoms with Crippen LogP contribution in [0.5, 0.6) is 0 Å². The van der Waals surface area contributed by atoms with Crippen LogP contribution >= 0.6 is 0 Å². The molecule has 0 radical (unpaired) electrons. The Bertz CT molecular complexity index is 1110. The molecule has 1 aliphatic heterocycles. The molecule has 0 bridgehead atoms. The molecule has 3 aromatic rings. The molecule has 4 rings (SSSR count). The molecule has 1 heterocycles. The van der Waals surface area contributed by atoms with Crippen LogP contribution in [0.2, 0.25) is 0 Å². The highest BCUT2D eigenvalue weighted by Gasteiger charge is 2.27. The number of benzene rings is 3.